The van der Waals surface area contributed by atoms with E-state index < -0.39 is 8.32 Å². The zero-order valence-electron chi connectivity index (χ0n) is 13.0. The van der Waals surface area contributed by atoms with E-state index in [1.54, 1.807) is 11.3 Å². The third-order valence-electron chi connectivity index (χ3n) is 4.12. The van der Waals surface area contributed by atoms with Crippen LogP contribution in [0, 0.1) is 0 Å². The van der Waals surface area contributed by atoms with Gasteiger partial charge in [-0.15, -0.1) is 11.3 Å². The van der Waals surface area contributed by atoms with E-state index in [9.17, 15) is 0 Å². The molecule has 0 aliphatic carbocycles. The van der Waals surface area contributed by atoms with Gasteiger partial charge in [0.15, 0.2) is 8.32 Å². The fourth-order valence-corrected chi connectivity index (χ4v) is 3.90. The average Bonchev–Trinajstić information content (AvgIpc) is 2.89. The van der Waals surface area contributed by atoms with Gasteiger partial charge in [-0.05, 0) is 35.1 Å². The molecule has 0 unspecified atom stereocenters. The Bertz CT molecular complexity index is 526. The lowest BCUT2D eigenvalue weighted by molar-refractivity contribution is 0.225. The van der Waals surface area contributed by atoms with Gasteiger partial charge >= 0.3 is 0 Å². The van der Waals surface area contributed by atoms with Crippen LogP contribution in [-0.4, -0.2) is 8.32 Å². The van der Waals surface area contributed by atoms with Crippen LogP contribution < -0.4 is 0 Å². The summed E-state index contributed by atoms with van der Waals surface area (Å²) < 4.78 is 6.68. The summed E-state index contributed by atoms with van der Waals surface area (Å²) in [6.45, 7) is 11.5. The maximum Gasteiger partial charge on any atom is 0.193 e. The van der Waals surface area contributed by atoms with E-state index in [1.165, 1.54) is 10.4 Å². The van der Waals surface area contributed by atoms with Crippen molar-refractivity contribution in [3.63, 3.8) is 0 Å². The second-order valence-corrected chi connectivity index (χ2v) is 12.4. The van der Waals surface area contributed by atoms with Gasteiger partial charge in [-0.2, -0.15) is 0 Å². The first-order valence-corrected chi connectivity index (χ1v) is 10.9. The zero-order valence-corrected chi connectivity index (χ0v) is 14.8. The summed E-state index contributed by atoms with van der Waals surface area (Å²) in [6.07, 6.45) is 0.0668. The molecule has 3 heteroatoms. The van der Waals surface area contributed by atoms with Crippen LogP contribution in [0.3, 0.4) is 0 Å². The lowest BCUT2D eigenvalue weighted by Gasteiger charge is -2.39. The molecule has 20 heavy (non-hydrogen) atoms. The molecule has 0 aliphatic rings. The van der Waals surface area contributed by atoms with E-state index in [1.807, 2.05) is 0 Å². The Balaban J connectivity index is 2.35. The second kappa shape index (κ2) is 5.84. The highest BCUT2D eigenvalue weighted by atomic mass is 32.1. The molecule has 1 aromatic carbocycles. The van der Waals surface area contributed by atoms with Gasteiger partial charge < -0.3 is 4.43 Å². The van der Waals surface area contributed by atoms with Crippen molar-refractivity contribution >= 4 is 19.7 Å². The summed E-state index contributed by atoms with van der Waals surface area (Å²) >= 11 is 1.77. The minimum atomic E-state index is -1.80. The number of benzene rings is 1. The Labute approximate surface area is 127 Å². The smallest absolute Gasteiger partial charge is 0.193 e. The van der Waals surface area contributed by atoms with E-state index in [4.69, 9.17) is 4.43 Å². The van der Waals surface area contributed by atoms with Gasteiger partial charge in [0.25, 0.3) is 0 Å². The summed E-state index contributed by atoms with van der Waals surface area (Å²) in [6, 6.07) is 14.8. The highest BCUT2D eigenvalue weighted by molar-refractivity contribution is 7.10. The number of hydrogen-bond acceptors (Lipinski definition) is 2. The third kappa shape index (κ3) is 3.40. The van der Waals surface area contributed by atoms with E-state index in [0.29, 0.717) is 0 Å². The summed E-state index contributed by atoms with van der Waals surface area (Å²) in [7, 11) is -1.80. The normalized spacial score (nSPS) is 14.2. The van der Waals surface area contributed by atoms with E-state index >= 15 is 0 Å². The van der Waals surface area contributed by atoms with Gasteiger partial charge in [-0.3, -0.25) is 0 Å². The molecule has 108 valence electrons. The van der Waals surface area contributed by atoms with Gasteiger partial charge in [0, 0.05) is 4.88 Å². The zero-order chi connectivity index (χ0) is 14.8. The molecule has 0 amide bonds. The Morgan fingerprint density at radius 2 is 1.65 bits per heavy atom. The average molecular weight is 305 g/mol. The van der Waals surface area contributed by atoms with Crippen LogP contribution in [0.1, 0.15) is 37.3 Å². The molecular formula is C17H24OSSi. The Morgan fingerprint density at radius 3 is 2.15 bits per heavy atom. The van der Waals surface area contributed by atoms with Crippen molar-refractivity contribution in [1.82, 2.24) is 0 Å². The molecule has 0 bridgehead atoms. The lowest BCUT2D eigenvalue weighted by atomic mass is 10.1. The van der Waals surface area contributed by atoms with Crippen molar-refractivity contribution < 1.29 is 4.43 Å². The van der Waals surface area contributed by atoms with E-state index in [2.05, 4.69) is 81.7 Å². The lowest BCUT2D eigenvalue weighted by Crippen LogP contribution is -2.41. The van der Waals surface area contributed by atoms with Crippen LogP contribution in [-0.2, 0) is 4.43 Å². The maximum absolute atomic E-state index is 6.68. The summed E-state index contributed by atoms with van der Waals surface area (Å²) in [5.41, 5.74) is 1.25. The fourth-order valence-electron chi connectivity index (χ4n) is 1.83. The van der Waals surface area contributed by atoms with Crippen LogP contribution in [0.2, 0.25) is 18.1 Å². The molecule has 0 N–H and O–H groups in total. The summed E-state index contributed by atoms with van der Waals surface area (Å²) in [5.74, 6) is 0. The van der Waals surface area contributed by atoms with Crippen LogP contribution in [0.5, 0.6) is 0 Å². The van der Waals surface area contributed by atoms with Gasteiger partial charge in [0.2, 0.25) is 0 Å². The molecule has 0 radical (unpaired) electrons. The molecule has 0 aliphatic heterocycles. The highest BCUT2D eigenvalue weighted by Gasteiger charge is 2.39. The highest BCUT2D eigenvalue weighted by Crippen LogP contribution is 2.42. The third-order valence-corrected chi connectivity index (χ3v) is 9.48. The topological polar surface area (TPSA) is 9.23 Å². The van der Waals surface area contributed by atoms with Crippen molar-refractivity contribution in [3.8, 4) is 0 Å². The van der Waals surface area contributed by atoms with Crippen molar-refractivity contribution in [2.45, 2.75) is 45.0 Å². The predicted octanol–water partition coefficient (Wildman–Crippen LogP) is 5.86. The van der Waals surface area contributed by atoms with Crippen molar-refractivity contribution in [2.75, 3.05) is 0 Å². The first-order valence-electron chi connectivity index (χ1n) is 7.07. The van der Waals surface area contributed by atoms with E-state index in [0.717, 1.165) is 0 Å². The molecule has 1 nitrogen and oxygen atoms in total. The van der Waals surface area contributed by atoms with Crippen LogP contribution in [0.25, 0.3) is 0 Å². The first kappa shape index (κ1) is 15.5. The molecule has 0 saturated heterocycles. The molecule has 2 rings (SSSR count). The first-order chi connectivity index (χ1) is 9.31. The van der Waals surface area contributed by atoms with Gasteiger partial charge in [-0.1, -0.05) is 57.2 Å². The van der Waals surface area contributed by atoms with Crippen LogP contribution in [0.15, 0.2) is 47.8 Å². The fraction of sp³-hybridized carbons (Fsp3) is 0.412. The van der Waals surface area contributed by atoms with Crippen molar-refractivity contribution in [2.24, 2.45) is 0 Å². The maximum atomic E-state index is 6.68. The van der Waals surface area contributed by atoms with E-state index in [-0.39, 0.29) is 11.1 Å². The van der Waals surface area contributed by atoms with Crippen molar-refractivity contribution in [3.05, 3.63) is 58.3 Å². The molecule has 0 spiro atoms. The van der Waals surface area contributed by atoms with Gasteiger partial charge in [0.05, 0.1) is 0 Å². The predicted molar refractivity (Wildman–Crippen MR) is 90.9 cm³/mol. The molecule has 1 atom stereocenters. The molecule has 2 aromatic rings. The minimum Gasteiger partial charge on any atom is -0.405 e. The Morgan fingerprint density at radius 1 is 1.00 bits per heavy atom. The number of thiophene rings is 1. The summed E-state index contributed by atoms with van der Waals surface area (Å²) in [4.78, 5) is 1.29. The van der Waals surface area contributed by atoms with Gasteiger partial charge in [0.1, 0.15) is 6.10 Å². The summed E-state index contributed by atoms with van der Waals surface area (Å²) in [5, 5.41) is 2.34. The minimum absolute atomic E-state index is 0.0668. The van der Waals surface area contributed by atoms with Crippen molar-refractivity contribution in [1.29, 1.82) is 0 Å². The Kier molecular flexibility index (Phi) is 4.52. The number of rotatable bonds is 4. The monoisotopic (exact) mass is 304 g/mol. The molecule has 1 heterocycles. The van der Waals surface area contributed by atoms with Crippen LogP contribution >= 0.6 is 11.3 Å². The van der Waals surface area contributed by atoms with Crippen LogP contribution in [0.4, 0.5) is 0 Å². The Hall–Kier alpha value is -0.903. The standard InChI is InChI=1S/C17H24OSSi/c1-17(2,3)20(4,5)18-16(15-12-9-13-19-15)14-10-7-6-8-11-14/h6-13,16H,1-5H3/t16-/m1/s1. The second-order valence-electron chi connectivity index (χ2n) is 6.68. The SMILES string of the molecule is CC(C)(C)[Si](C)(C)O[C@H](c1ccccc1)c1cccs1. The quantitative estimate of drug-likeness (QED) is 0.643. The molecule has 0 saturated carbocycles. The molecule has 0 fully saturated rings. The number of hydrogen-bond donors (Lipinski definition) is 0. The van der Waals surface area contributed by atoms with Gasteiger partial charge in [-0.25, -0.2) is 0 Å². The molecule has 1 aromatic heterocycles. The largest absolute Gasteiger partial charge is 0.405 e. The molecular weight excluding hydrogens is 280 g/mol.